The highest BCUT2D eigenvalue weighted by molar-refractivity contribution is 6.28. The van der Waals surface area contributed by atoms with Gasteiger partial charge in [-0.15, -0.1) is 6.42 Å². The molecule has 3 rings (SSSR count). The van der Waals surface area contributed by atoms with Gasteiger partial charge in [0, 0.05) is 12.6 Å². The molecule has 1 aliphatic heterocycles. The summed E-state index contributed by atoms with van der Waals surface area (Å²) < 4.78 is 15.1. The Hall–Kier alpha value is -1.85. The van der Waals surface area contributed by atoms with Gasteiger partial charge in [0.2, 0.25) is 5.28 Å². The second-order valence-corrected chi connectivity index (χ2v) is 5.03. The second kappa shape index (κ2) is 4.86. The lowest BCUT2D eigenvalue weighted by atomic mass is 9.99. The third-order valence-electron chi connectivity index (χ3n) is 3.51. The molecule has 1 fully saturated rings. The maximum atomic E-state index is 10.2. The van der Waals surface area contributed by atoms with Gasteiger partial charge in [-0.25, -0.2) is 4.98 Å². The lowest BCUT2D eigenvalue weighted by Crippen LogP contribution is -2.41. The van der Waals surface area contributed by atoms with E-state index in [4.69, 9.17) is 29.9 Å². The number of fused-ring (bicyclic) bond motifs is 1. The number of anilines is 1. The molecule has 7 nitrogen and oxygen atoms in total. The Labute approximate surface area is 126 Å². The molecule has 0 radical (unpaired) electrons. The molecule has 1 aliphatic rings. The minimum Gasteiger partial charge on any atom is -0.392 e. The van der Waals surface area contributed by atoms with Crippen molar-refractivity contribution >= 4 is 28.5 Å². The lowest BCUT2D eigenvalue weighted by molar-refractivity contribution is -0.0890. The van der Waals surface area contributed by atoms with Crippen molar-refractivity contribution in [2.75, 3.05) is 12.3 Å². The predicted molar refractivity (Wildman–Crippen MR) is 76.3 cm³/mol. The Morgan fingerprint density at radius 1 is 1.71 bits per heavy atom. The normalized spacial score (nSPS) is 33.0. The molecule has 0 spiro atoms. The smallest absolute Gasteiger partial charge is 0.226 e. The van der Waals surface area contributed by atoms with E-state index in [9.17, 15) is 10.2 Å². The Morgan fingerprint density at radius 2 is 2.48 bits per heavy atom. The molecule has 0 unspecified atom stereocenters. The number of nitrogen functional groups attached to an aromatic ring is 1. The van der Waals surface area contributed by atoms with E-state index in [2.05, 4.69) is 15.9 Å². The summed E-state index contributed by atoms with van der Waals surface area (Å²) >= 11 is 5.81. The third-order valence-corrected chi connectivity index (χ3v) is 3.68. The highest BCUT2D eigenvalue weighted by Gasteiger charge is 2.47. The Kier molecular flexibility index (Phi) is 2.97. The van der Waals surface area contributed by atoms with Gasteiger partial charge in [-0.05, 0) is 17.7 Å². The Morgan fingerprint density at radius 3 is 3.10 bits per heavy atom. The van der Waals surface area contributed by atoms with E-state index in [1.165, 1.54) is 0 Å². The average molecular weight is 310 g/mol. The number of hydrogen-bond acceptors (Lipinski definition) is 6. The van der Waals surface area contributed by atoms with Crippen LogP contribution in [0.1, 0.15) is 14.0 Å². The summed E-state index contributed by atoms with van der Waals surface area (Å²) in [6.07, 6.45) is 3.88. The standard InChI is InChI=1S/C13H13ClN4O3/c1-2-13(6-19)8(20)5-9(21-13)18-4-3-7-10(15)16-12(14)17-11(7)18/h1,3-4,8-9,19-20H,5-6H2,(H2,15,16,17)/t8-,9-,13-/m1/s1/i8D. The first-order chi connectivity index (χ1) is 10.3. The zero-order valence-electron chi connectivity index (χ0n) is 11.8. The van der Waals surface area contributed by atoms with E-state index in [0.29, 0.717) is 11.0 Å². The first-order valence-corrected chi connectivity index (χ1v) is 6.50. The zero-order valence-corrected chi connectivity index (χ0v) is 11.6. The SMILES string of the molecule is [2H][C@@]1(O)C[C@H](n2ccc3c(N)nc(Cl)nc32)O[C@]1(C#C)CO. The van der Waals surface area contributed by atoms with Crippen LogP contribution >= 0.6 is 11.6 Å². The number of aromatic nitrogens is 3. The molecular weight excluding hydrogens is 296 g/mol. The molecule has 0 saturated carbocycles. The van der Waals surface area contributed by atoms with Gasteiger partial charge in [-0.3, -0.25) is 0 Å². The highest BCUT2D eigenvalue weighted by atomic mass is 35.5. The van der Waals surface area contributed by atoms with Crippen LogP contribution in [-0.2, 0) is 4.74 Å². The van der Waals surface area contributed by atoms with Crippen molar-refractivity contribution in [1.29, 1.82) is 0 Å². The monoisotopic (exact) mass is 309 g/mol. The minimum atomic E-state index is -2.14. The second-order valence-electron chi connectivity index (χ2n) is 4.69. The summed E-state index contributed by atoms with van der Waals surface area (Å²) in [7, 11) is 0. The number of halogens is 1. The molecule has 1 saturated heterocycles. The predicted octanol–water partition coefficient (Wildman–Crippen LogP) is 0.311. The maximum Gasteiger partial charge on any atom is 0.226 e. The fourth-order valence-corrected chi connectivity index (χ4v) is 2.55. The van der Waals surface area contributed by atoms with E-state index in [1.807, 2.05) is 0 Å². The van der Waals surface area contributed by atoms with Gasteiger partial charge in [0.1, 0.15) is 23.8 Å². The van der Waals surface area contributed by atoms with Crippen LogP contribution < -0.4 is 5.73 Å². The molecular formula is C13H13ClN4O3. The number of ether oxygens (including phenoxy) is 1. The minimum absolute atomic E-state index is 0.0329. The molecule has 8 heteroatoms. The van der Waals surface area contributed by atoms with Crippen LogP contribution in [0, 0.1) is 12.3 Å². The number of nitrogens with zero attached hydrogens (tertiary/aromatic N) is 3. The number of hydrogen-bond donors (Lipinski definition) is 3. The summed E-state index contributed by atoms with van der Waals surface area (Å²) in [6, 6.07) is 1.67. The molecule has 0 aromatic carbocycles. The van der Waals surface area contributed by atoms with Crippen LogP contribution in [0.3, 0.4) is 0 Å². The topological polar surface area (TPSA) is 106 Å². The molecule has 3 heterocycles. The molecule has 0 bridgehead atoms. The van der Waals surface area contributed by atoms with Crippen molar-refractivity contribution in [3.8, 4) is 12.3 Å². The summed E-state index contributed by atoms with van der Waals surface area (Å²) in [6.45, 7) is -0.683. The fraction of sp³-hybridized carbons (Fsp3) is 0.385. The molecule has 21 heavy (non-hydrogen) atoms. The molecule has 110 valence electrons. The first kappa shape index (κ1) is 12.9. The van der Waals surface area contributed by atoms with Gasteiger partial charge in [-0.2, -0.15) is 4.98 Å². The molecule has 0 amide bonds. The largest absolute Gasteiger partial charge is 0.392 e. The van der Waals surface area contributed by atoms with E-state index < -0.39 is 24.5 Å². The van der Waals surface area contributed by atoms with Gasteiger partial charge in [-0.1, -0.05) is 5.92 Å². The Balaban J connectivity index is 2.09. The highest BCUT2D eigenvalue weighted by Crippen LogP contribution is 2.38. The summed E-state index contributed by atoms with van der Waals surface area (Å²) in [5.74, 6) is 2.38. The van der Waals surface area contributed by atoms with Gasteiger partial charge < -0.3 is 25.3 Å². The molecule has 3 atom stereocenters. The maximum absolute atomic E-state index is 10.2. The quantitative estimate of drug-likeness (QED) is 0.544. The Bertz CT molecular complexity index is 787. The third kappa shape index (κ3) is 2.04. The van der Waals surface area contributed by atoms with Crippen molar-refractivity contribution in [3.63, 3.8) is 0 Å². The number of aliphatic hydroxyl groups excluding tert-OH is 1. The van der Waals surface area contributed by atoms with Crippen molar-refractivity contribution < 1.29 is 16.3 Å². The van der Waals surface area contributed by atoms with E-state index >= 15 is 0 Å². The number of rotatable bonds is 2. The van der Waals surface area contributed by atoms with E-state index in [1.54, 1.807) is 16.8 Å². The summed E-state index contributed by atoms with van der Waals surface area (Å²) in [4.78, 5) is 7.94. The van der Waals surface area contributed by atoms with Crippen molar-refractivity contribution in [1.82, 2.24) is 14.5 Å². The fourth-order valence-electron chi connectivity index (χ4n) is 2.38. The van der Waals surface area contributed by atoms with Crippen molar-refractivity contribution in [3.05, 3.63) is 17.5 Å². The van der Waals surface area contributed by atoms with Crippen LogP contribution in [0.4, 0.5) is 5.82 Å². The number of aliphatic hydroxyl groups is 2. The van der Waals surface area contributed by atoms with Gasteiger partial charge in [0.25, 0.3) is 0 Å². The molecule has 0 aliphatic carbocycles. The van der Waals surface area contributed by atoms with Crippen LogP contribution in [0.5, 0.6) is 0 Å². The van der Waals surface area contributed by atoms with Crippen LogP contribution in [0.2, 0.25) is 5.28 Å². The summed E-state index contributed by atoms with van der Waals surface area (Å²) in [5.41, 5.74) is 4.36. The molecule has 4 N–H and O–H groups in total. The zero-order chi connectivity index (χ0) is 16.1. The number of terminal acetylenes is 1. The van der Waals surface area contributed by atoms with Gasteiger partial charge in [0.15, 0.2) is 5.60 Å². The van der Waals surface area contributed by atoms with Crippen molar-refractivity contribution in [2.24, 2.45) is 0 Å². The van der Waals surface area contributed by atoms with Gasteiger partial charge >= 0.3 is 0 Å². The van der Waals surface area contributed by atoms with Crippen LogP contribution in [0.15, 0.2) is 12.3 Å². The van der Waals surface area contributed by atoms with Crippen molar-refractivity contribution in [2.45, 2.75) is 24.3 Å². The molecule has 2 aromatic heterocycles. The van der Waals surface area contributed by atoms with E-state index in [-0.39, 0.29) is 17.5 Å². The first-order valence-electron chi connectivity index (χ1n) is 6.62. The average Bonchev–Trinajstić information content (AvgIpc) is 2.97. The van der Waals surface area contributed by atoms with Crippen LogP contribution in [-0.4, -0.2) is 43.0 Å². The lowest BCUT2D eigenvalue weighted by Gasteiger charge is -2.23. The number of nitrogens with two attached hydrogens (primary N) is 1. The van der Waals surface area contributed by atoms with E-state index in [0.717, 1.165) is 0 Å². The molecule has 2 aromatic rings. The van der Waals surface area contributed by atoms with Gasteiger partial charge in [0.05, 0.1) is 13.4 Å². The van der Waals surface area contributed by atoms with Crippen LogP contribution in [0.25, 0.3) is 11.0 Å². The summed E-state index contributed by atoms with van der Waals surface area (Å²) in [5, 5.41) is 20.2.